The highest BCUT2D eigenvalue weighted by Crippen LogP contribution is 2.37. The molecule has 0 bridgehead atoms. The minimum absolute atomic E-state index is 0.159. The number of hydrogen-bond donors (Lipinski definition) is 2. The molecule has 0 unspecified atom stereocenters. The van der Waals surface area contributed by atoms with Crippen molar-refractivity contribution in [2.24, 2.45) is 0 Å². The second-order valence-corrected chi connectivity index (χ2v) is 8.08. The van der Waals surface area contributed by atoms with Gasteiger partial charge in [0.25, 0.3) is 0 Å². The van der Waals surface area contributed by atoms with Crippen molar-refractivity contribution >= 4 is 50.8 Å². The molecule has 0 radical (unpaired) electrons. The van der Waals surface area contributed by atoms with Gasteiger partial charge in [0, 0.05) is 11.6 Å². The number of anilines is 1. The number of carbonyl (C=O) groups is 1. The molecule has 156 valence electrons. The molecule has 0 aliphatic carbocycles. The fourth-order valence-electron chi connectivity index (χ4n) is 2.74. The Hall–Kier alpha value is -2.41. The summed E-state index contributed by atoms with van der Waals surface area (Å²) in [5.74, 6) is 0.143. The summed E-state index contributed by atoms with van der Waals surface area (Å²) in [6.45, 7) is 0.774. The van der Waals surface area contributed by atoms with Crippen molar-refractivity contribution in [3.8, 4) is 11.5 Å². The van der Waals surface area contributed by atoms with Crippen molar-refractivity contribution in [2.75, 3.05) is 12.4 Å². The van der Waals surface area contributed by atoms with E-state index in [0.29, 0.717) is 40.4 Å². The Morgan fingerprint density at radius 2 is 1.80 bits per heavy atom. The molecule has 5 nitrogen and oxygen atoms in total. The number of carboxylic acids is 1. The predicted octanol–water partition coefficient (Wildman–Crippen LogP) is 6.65. The lowest BCUT2D eigenvalue weighted by atomic mass is 10.1. The first-order valence-corrected chi connectivity index (χ1v) is 10.4. The zero-order valence-electron chi connectivity index (χ0n) is 15.9. The van der Waals surface area contributed by atoms with Crippen molar-refractivity contribution in [2.45, 2.75) is 13.2 Å². The number of carboxylic acid groups (broad SMARTS) is 1. The molecule has 0 saturated heterocycles. The number of ether oxygens (including phenoxy) is 2. The van der Waals surface area contributed by atoms with Gasteiger partial charge in [-0.25, -0.2) is 4.79 Å². The van der Waals surface area contributed by atoms with Crippen LogP contribution in [-0.4, -0.2) is 18.2 Å². The number of methoxy groups -OCH3 is 1. The third-order valence-electron chi connectivity index (χ3n) is 4.28. The fraction of sp³-hybridized carbons (Fsp3) is 0.136. The van der Waals surface area contributed by atoms with Crippen molar-refractivity contribution in [3.63, 3.8) is 0 Å². The van der Waals surface area contributed by atoms with Gasteiger partial charge in [-0.2, -0.15) is 0 Å². The van der Waals surface area contributed by atoms with Gasteiger partial charge in [0.2, 0.25) is 0 Å². The Morgan fingerprint density at radius 1 is 1.07 bits per heavy atom. The van der Waals surface area contributed by atoms with Crippen LogP contribution < -0.4 is 14.8 Å². The van der Waals surface area contributed by atoms with Gasteiger partial charge < -0.3 is 19.9 Å². The van der Waals surface area contributed by atoms with E-state index in [4.69, 9.17) is 37.8 Å². The molecule has 0 atom stereocenters. The summed E-state index contributed by atoms with van der Waals surface area (Å²) >= 11 is 15.6. The van der Waals surface area contributed by atoms with Gasteiger partial charge >= 0.3 is 5.97 Å². The van der Waals surface area contributed by atoms with Gasteiger partial charge in [0.05, 0.1) is 27.9 Å². The Labute approximate surface area is 192 Å². The average molecular weight is 511 g/mol. The monoisotopic (exact) mass is 509 g/mol. The largest absolute Gasteiger partial charge is 0.493 e. The zero-order valence-corrected chi connectivity index (χ0v) is 19.0. The summed E-state index contributed by atoms with van der Waals surface area (Å²) in [5, 5.41) is 13.4. The van der Waals surface area contributed by atoms with E-state index in [-0.39, 0.29) is 5.56 Å². The normalized spacial score (nSPS) is 10.5. The third kappa shape index (κ3) is 5.59. The minimum atomic E-state index is -1.01. The second-order valence-electron chi connectivity index (χ2n) is 6.38. The summed E-state index contributed by atoms with van der Waals surface area (Å²) in [5.41, 5.74) is 2.57. The first-order chi connectivity index (χ1) is 14.4. The highest BCUT2D eigenvalue weighted by Gasteiger charge is 2.13. The predicted molar refractivity (Wildman–Crippen MR) is 122 cm³/mol. The van der Waals surface area contributed by atoms with Crippen molar-refractivity contribution in [1.29, 1.82) is 0 Å². The summed E-state index contributed by atoms with van der Waals surface area (Å²) in [4.78, 5) is 11.2. The summed E-state index contributed by atoms with van der Waals surface area (Å²) < 4.78 is 12.2. The highest BCUT2D eigenvalue weighted by atomic mass is 79.9. The smallest absolute Gasteiger partial charge is 0.335 e. The van der Waals surface area contributed by atoms with Crippen LogP contribution in [0.4, 0.5) is 5.69 Å². The molecule has 0 fully saturated rings. The van der Waals surface area contributed by atoms with Gasteiger partial charge in [-0.05, 0) is 69.5 Å². The number of aromatic carboxylic acids is 1. The topological polar surface area (TPSA) is 67.8 Å². The summed E-state index contributed by atoms with van der Waals surface area (Å²) in [6.07, 6.45) is 0. The van der Waals surface area contributed by atoms with E-state index in [9.17, 15) is 4.79 Å². The Kier molecular flexibility index (Phi) is 7.48. The number of hydrogen-bond acceptors (Lipinski definition) is 4. The molecule has 2 N–H and O–H groups in total. The van der Waals surface area contributed by atoms with Crippen LogP contribution in [0.15, 0.2) is 59.1 Å². The molecule has 3 aromatic rings. The van der Waals surface area contributed by atoms with E-state index < -0.39 is 5.97 Å². The molecule has 30 heavy (non-hydrogen) atoms. The Balaban J connectivity index is 1.74. The molecular formula is C22H18BrCl2NO4. The highest BCUT2D eigenvalue weighted by molar-refractivity contribution is 9.10. The first kappa shape index (κ1) is 22.3. The molecular weight excluding hydrogens is 493 g/mol. The maximum atomic E-state index is 11.2. The average Bonchev–Trinajstić information content (AvgIpc) is 2.73. The summed E-state index contributed by atoms with van der Waals surface area (Å²) in [6, 6.07) is 15.7. The molecule has 3 aromatic carbocycles. The number of halogens is 3. The molecule has 8 heteroatoms. The van der Waals surface area contributed by atoms with Crippen LogP contribution in [0, 0.1) is 0 Å². The van der Waals surface area contributed by atoms with Crippen molar-refractivity contribution in [3.05, 3.63) is 85.8 Å². The molecule has 0 saturated carbocycles. The number of nitrogens with one attached hydrogen (secondary N) is 1. The van der Waals surface area contributed by atoms with Gasteiger partial charge in [0.15, 0.2) is 11.5 Å². The Morgan fingerprint density at radius 3 is 2.47 bits per heavy atom. The van der Waals surface area contributed by atoms with E-state index in [0.717, 1.165) is 15.6 Å². The van der Waals surface area contributed by atoms with Crippen LogP contribution in [0.5, 0.6) is 11.5 Å². The van der Waals surface area contributed by atoms with Crippen LogP contribution in [0.3, 0.4) is 0 Å². The Bertz CT molecular complexity index is 1060. The molecule has 0 heterocycles. The fourth-order valence-corrected chi connectivity index (χ4v) is 3.66. The van der Waals surface area contributed by atoms with Gasteiger partial charge in [0.1, 0.15) is 6.61 Å². The summed E-state index contributed by atoms with van der Waals surface area (Å²) in [7, 11) is 1.57. The van der Waals surface area contributed by atoms with Crippen LogP contribution in [0.25, 0.3) is 0 Å². The molecule has 0 aromatic heterocycles. The van der Waals surface area contributed by atoms with E-state index >= 15 is 0 Å². The SMILES string of the molecule is COc1cc(CNc2cc(C(=O)O)ccc2Cl)cc(Br)c1OCc1ccc(Cl)cc1. The van der Waals surface area contributed by atoms with Gasteiger partial charge in [-0.15, -0.1) is 0 Å². The van der Waals surface area contributed by atoms with Crippen LogP contribution in [-0.2, 0) is 13.2 Å². The molecule has 3 rings (SSSR count). The minimum Gasteiger partial charge on any atom is -0.493 e. The lowest BCUT2D eigenvalue weighted by Gasteiger charge is -2.15. The molecule has 0 spiro atoms. The zero-order chi connectivity index (χ0) is 21.7. The number of benzene rings is 3. The van der Waals surface area contributed by atoms with Crippen LogP contribution >= 0.6 is 39.1 Å². The maximum absolute atomic E-state index is 11.2. The van der Waals surface area contributed by atoms with E-state index in [1.165, 1.54) is 12.1 Å². The molecule has 0 aliphatic heterocycles. The van der Waals surface area contributed by atoms with Gasteiger partial charge in [-0.1, -0.05) is 35.3 Å². The third-order valence-corrected chi connectivity index (χ3v) is 5.45. The van der Waals surface area contributed by atoms with E-state index in [1.54, 1.807) is 13.2 Å². The quantitative estimate of drug-likeness (QED) is 0.355. The standard InChI is InChI=1S/C22H18BrCl2NO4/c1-29-20-9-14(11-26-19-10-15(22(27)28)4-7-18(19)25)8-17(23)21(20)30-12-13-2-5-16(24)6-3-13/h2-10,26H,11-12H2,1H3,(H,27,28). The number of rotatable bonds is 8. The van der Waals surface area contributed by atoms with Crippen LogP contribution in [0.1, 0.15) is 21.5 Å². The first-order valence-electron chi connectivity index (χ1n) is 8.87. The van der Waals surface area contributed by atoms with E-state index in [2.05, 4.69) is 21.2 Å². The lowest BCUT2D eigenvalue weighted by Crippen LogP contribution is -2.04. The lowest BCUT2D eigenvalue weighted by molar-refractivity contribution is 0.0697. The maximum Gasteiger partial charge on any atom is 0.335 e. The van der Waals surface area contributed by atoms with Crippen LogP contribution in [0.2, 0.25) is 10.0 Å². The van der Waals surface area contributed by atoms with Crippen molar-refractivity contribution in [1.82, 2.24) is 0 Å². The molecule has 0 amide bonds. The van der Waals surface area contributed by atoms with E-state index in [1.807, 2.05) is 36.4 Å². The van der Waals surface area contributed by atoms with Crippen molar-refractivity contribution < 1.29 is 19.4 Å². The molecule has 0 aliphatic rings. The second kappa shape index (κ2) is 10.1. The van der Waals surface area contributed by atoms with Gasteiger partial charge in [-0.3, -0.25) is 0 Å².